The van der Waals surface area contributed by atoms with Gasteiger partial charge in [0.1, 0.15) is 0 Å². The van der Waals surface area contributed by atoms with Crippen LogP contribution >= 0.6 is 0 Å². The largest absolute Gasteiger partial charge is 0.380 e. The van der Waals surface area contributed by atoms with Crippen molar-refractivity contribution in [2.24, 2.45) is 5.41 Å². The van der Waals surface area contributed by atoms with Crippen molar-refractivity contribution >= 4 is 0 Å². The molecule has 0 aromatic carbocycles. The van der Waals surface area contributed by atoms with Gasteiger partial charge in [-0.15, -0.1) is 0 Å². The zero-order valence-electron chi connectivity index (χ0n) is 5.81. The van der Waals surface area contributed by atoms with Crippen LogP contribution in [0.1, 0.15) is 12.8 Å². The lowest BCUT2D eigenvalue weighted by Crippen LogP contribution is -2.21. The van der Waals surface area contributed by atoms with Gasteiger partial charge < -0.3 is 10.1 Å². The van der Waals surface area contributed by atoms with Gasteiger partial charge in [0.05, 0.1) is 6.10 Å². The van der Waals surface area contributed by atoms with Crippen LogP contribution < -0.4 is 5.32 Å². The SMILES string of the molecule is CO[C@H]1CNCC12CC2. The van der Waals surface area contributed by atoms with E-state index in [2.05, 4.69) is 5.32 Å². The van der Waals surface area contributed by atoms with Gasteiger partial charge in [-0.2, -0.15) is 0 Å². The number of methoxy groups -OCH3 is 1. The summed E-state index contributed by atoms with van der Waals surface area (Å²) >= 11 is 0. The maximum atomic E-state index is 5.33. The number of hydrogen-bond donors (Lipinski definition) is 1. The first kappa shape index (κ1) is 5.69. The molecule has 2 fully saturated rings. The zero-order chi connectivity index (χ0) is 6.32. The molecule has 1 spiro atoms. The number of rotatable bonds is 1. The Morgan fingerprint density at radius 3 is 2.78 bits per heavy atom. The highest BCUT2D eigenvalue weighted by molar-refractivity contribution is 5.05. The van der Waals surface area contributed by atoms with E-state index in [0.29, 0.717) is 11.5 Å². The van der Waals surface area contributed by atoms with E-state index in [9.17, 15) is 0 Å². The van der Waals surface area contributed by atoms with Gasteiger partial charge in [0.15, 0.2) is 0 Å². The highest BCUT2D eigenvalue weighted by Crippen LogP contribution is 2.51. The summed E-state index contributed by atoms with van der Waals surface area (Å²) in [6.07, 6.45) is 3.26. The Bertz CT molecular complexity index is 120. The van der Waals surface area contributed by atoms with E-state index in [0.717, 1.165) is 6.54 Å². The molecule has 0 unspecified atom stereocenters. The number of nitrogens with one attached hydrogen (secondary N) is 1. The van der Waals surface area contributed by atoms with E-state index in [-0.39, 0.29) is 0 Å². The lowest BCUT2D eigenvalue weighted by molar-refractivity contribution is 0.0733. The fourth-order valence-corrected chi connectivity index (χ4v) is 1.78. The molecule has 1 saturated carbocycles. The topological polar surface area (TPSA) is 21.3 Å². The van der Waals surface area contributed by atoms with Gasteiger partial charge in [0.25, 0.3) is 0 Å². The molecule has 52 valence electrons. The molecule has 9 heavy (non-hydrogen) atoms. The van der Waals surface area contributed by atoms with Crippen molar-refractivity contribution in [1.29, 1.82) is 0 Å². The fourth-order valence-electron chi connectivity index (χ4n) is 1.78. The summed E-state index contributed by atoms with van der Waals surface area (Å²) in [4.78, 5) is 0. The van der Waals surface area contributed by atoms with E-state index in [1.54, 1.807) is 0 Å². The standard InChI is InChI=1S/C7H13NO/c1-9-6-4-8-5-7(6)2-3-7/h6,8H,2-5H2,1H3/t6-/m0/s1. The summed E-state index contributed by atoms with van der Waals surface area (Å²) in [6, 6.07) is 0. The normalized spacial score (nSPS) is 37.7. The summed E-state index contributed by atoms with van der Waals surface area (Å²) in [5.41, 5.74) is 0.578. The predicted octanol–water partition coefficient (Wildman–Crippen LogP) is 0.385. The predicted molar refractivity (Wildman–Crippen MR) is 35.3 cm³/mol. The first-order chi connectivity index (χ1) is 4.37. The molecule has 1 aliphatic carbocycles. The molecule has 0 radical (unpaired) electrons. The van der Waals surface area contributed by atoms with Gasteiger partial charge >= 0.3 is 0 Å². The van der Waals surface area contributed by atoms with Crippen molar-refractivity contribution < 1.29 is 4.74 Å². The highest BCUT2D eigenvalue weighted by Gasteiger charge is 2.52. The zero-order valence-corrected chi connectivity index (χ0v) is 5.81. The third kappa shape index (κ3) is 0.700. The molecule has 2 nitrogen and oxygen atoms in total. The third-order valence-electron chi connectivity index (χ3n) is 2.67. The lowest BCUT2D eigenvalue weighted by atomic mass is 10.0. The van der Waals surface area contributed by atoms with Gasteiger partial charge in [-0.1, -0.05) is 0 Å². The maximum absolute atomic E-state index is 5.33. The van der Waals surface area contributed by atoms with Crippen molar-refractivity contribution in [1.82, 2.24) is 5.32 Å². The molecule has 1 aliphatic heterocycles. The Kier molecular flexibility index (Phi) is 1.08. The monoisotopic (exact) mass is 127 g/mol. The average Bonchev–Trinajstić information content (AvgIpc) is 2.45. The quantitative estimate of drug-likeness (QED) is 0.550. The molecule has 2 rings (SSSR count). The van der Waals surface area contributed by atoms with Crippen LogP contribution in [0.4, 0.5) is 0 Å². The second-order valence-corrected chi connectivity index (χ2v) is 3.22. The molecular weight excluding hydrogens is 114 g/mol. The van der Waals surface area contributed by atoms with E-state index in [4.69, 9.17) is 4.74 Å². The fraction of sp³-hybridized carbons (Fsp3) is 1.00. The van der Waals surface area contributed by atoms with Gasteiger partial charge in [-0.3, -0.25) is 0 Å². The van der Waals surface area contributed by atoms with Crippen LogP contribution in [0.2, 0.25) is 0 Å². The summed E-state index contributed by atoms with van der Waals surface area (Å²) < 4.78 is 5.33. The van der Waals surface area contributed by atoms with Crippen LogP contribution in [0.15, 0.2) is 0 Å². The Morgan fingerprint density at radius 2 is 2.33 bits per heavy atom. The van der Waals surface area contributed by atoms with Crippen LogP contribution in [0.3, 0.4) is 0 Å². The minimum absolute atomic E-state index is 0.512. The Balaban J connectivity index is 2.05. The molecule has 0 aromatic rings. The molecule has 2 aliphatic rings. The van der Waals surface area contributed by atoms with Gasteiger partial charge in [-0.05, 0) is 12.8 Å². The third-order valence-corrected chi connectivity index (χ3v) is 2.67. The minimum Gasteiger partial charge on any atom is -0.380 e. The Morgan fingerprint density at radius 1 is 1.56 bits per heavy atom. The van der Waals surface area contributed by atoms with Gasteiger partial charge in [0, 0.05) is 25.6 Å². The van der Waals surface area contributed by atoms with Gasteiger partial charge in [-0.25, -0.2) is 0 Å². The van der Waals surface area contributed by atoms with Crippen molar-refractivity contribution in [3.63, 3.8) is 0 Å². The van der Waals surface area contributed by atoms with Crippen LogP contribution in [-0.4, -0.2) is 26.3 Å². The molecule has 1 N–H and O–H groups in total. The Labute approximate surface area is 55.6 Å². The summed E-state index contributed by atoms with van der Waals surface area (Å²) in [6.45, 7) is 2.25. The molecule has 0 bridgehead atoms. The Hall–Kier alpha value is -0.0800. The van der Waals surface area contributed by atoms with Crippen molar-refractivity contribution in [2.45, 2.75) is 18.9 Å². The van der Waals surface area contributed by atoms with E-state index in [1.807, 2.05) is 7.11 Å². The van der Waals surface area contributed by atoms with Crippen molar-refractivity contribution in [3.05, 3.63) is 0 Å². The van der Waals surface area contributed by atoms with E-state index < -0.39 is 0 Å². The summed E-state index contributed by atoms with van der Waals surface area (Å²) in [5.74, 6) is 0. The van der Waals surface area contributed by atoms with Crippen molar-refractivity contribution in [3.8, 4) is 0 Å². The van der Waals surface area contributed by atoms with E-state index >= 15 is 0 Å². The first-order valence-corrected chi connectivity index (χ1v) is 3.61. The lowest BCUT2D eigenvalue weighted by Gasteiger charge is -2.13. The molecule has 1 saturated heterocycles. The maximum Gasteiger partial charge on any atom is 0.0763 e. The first-order valence-electron chi connectivity index (χ1n) is 3.61. The summed E-state index contributed by atoms with van der Waals surface area (Å²) in [7, 11) is 1.82. The average molecular weight is 127 g/mol. The number of hydrogen-bond acceptors (Lipinski definition) is 2. The molecular formula is C7H13NO. The number of ether oxygens (including phenoxy) is 1. The van der Waals surface area contributed by atoms with Gasteiger partial charge in [0.2, 0.25) is 0 Å². The molecule has 1 atom stereocenters. The smallest absolute Gasteiger partial charge is 0.0763 e. The van der Waals surface area contributed by atoms with Crippen LogP contribution in [0, 0.1) is 5.41 Å². The van der Waals surface area contributed by atoms with E-state index in [1.165, 1.54) is 19.4 Å². The van der Waals surface area contributed by atoms with Crippen molar-refractivity contribution in [2.75, 3.05) is 20.2 Å². The van der Waals surface area contributed by atoms with Crippen LogP contribution in [0.25, 0.3) is 0 Å². The second kappa shape index (κ2) is 1.70. The molecule has 0 aromatic heterocycles. The minimum atomic E-state index is 0.512. The van der Waals surface area contributed by atoms with Crippen LogP contribution in [-0.2, 0) is 4.74 Å². The molecule has 1 heterocycles. The molecule has 0 amide bonds. The summed E-state index contributed by atoms with van der Waals surface area (Å²) in [5, 5.41) is 3.35. The highest BCUT2D eigenvalue weighted by atomic mass is 16.5. The molecule has 2 heteroatoms. The van der Waals surface area contributed by atoms with Crippen LogP contribution in [0.5, 0.6) is 0 Å². The second-order valence-electron chi connectivity index (χ2n) is 3.22.